The zero-order chi connectivity index (χ0) is 15.5. The van der Waals surface area contributed by atoms with Crippen LogP contribution in [-0.4, -0.2) is 41.2 Å². The predicted molar refractivity (Wildman–Crippen MR) is 85.3 cm³/mol. The molecule has 3 rings (SSSR count). The SMILES string of the molecule is CCCN1C(=O)Cc2ccccc2C1C(=O)N1CCCCC1. The van der Waals surface area contributed by atoms with Crippen molar-refractivity contribution in [3.8, 4) is 0 Å². The lowest BCUT2D eigenvalue weighted by Crippen LogP contribution is -2.50. The molecule has 4 heteroatoms. The van der Waals surface area contributed by atoms with E-state index in [1.54, 1.807) is 4.90 Å². The molecular formula is C18H24N2O2. The maximum atomic E-state index is 13.1. The summed E-state index contributed by atoms with van der Waals surface area (Å²) < 4.78 is 0. The summed E-state index contributed by atoms with van der Waals surface area (Å²) in [7, 11) is 0. The van der Waals surface area contributed by atoms with E-state index in [1.807, 2.05) is 29.2 Å². The van der Waals surface area contributed by atoms with Crippen LogP contribution in [-0.2, 0) is 16.0 Å². The average Bonchev–Trinajstić information content (AvgIpc) is 2.56. The Balaban J connectivity index is 1.95. The molecule has 0 aromatic heterocycles. The van der Waals surface area contributed by atoms with Crippen molar-refractivity contribution in [1.29, 1.82) is 0 Å². The number of hydrogen-bond acceptors (Lipinski definition) is 2. The quantitative estimate of drug-likeness (QED) is 0.860. The summed E-state index contributed by atoms with van der Waals surface area (Å²) >= 11 is 0. The van der Waals surface area contributed by atoms with E-state index in [9.17, 15) is 9.59 Å². The molecule has 118 valence electrons. The molecule has 1 atom stereocenters. The van der Waals surface area contributed by atoms with Crippen LogP contribution in [0, 0.1) is 0 Å². The van der Waals surface area contributed by atoms with Gasteiger partial charge >= 0.3 is 0 Å². The molecule has 2 aliphatic heterocycles. The fourth-order valence-corrected chi connectivity index (χ4v) is 3.59. The third kappa shape index (κ3) is 2.74. The Morgan fingerprint density at radius 1 is 1.18 bits per heavy atom. The number of hydrogen-bond donors (Lipinski definition) is 0. The van der Waals surface area contributed by atoms with Gasteiger partial charge in [0.05, 0.1) is 6.42 Å². The Morgan fingerprint density at radius 2 is 1.91 bits per heavy atom. The van der Waals surface area contributed by atoms with Crippen molar-refractivity contribution in [3.63, 3.8) is 0 Å². The van der Waals surface area contributed by atoms with E-state index in [4.69, 9.17) is 0 Å². The number of likely N-dealkylation sites (tertiary alicyclic amines) is 1. The molecular weight excluding hydrogens is 276 g/mol. The lowest BCUT2D eigenvalue weighted by molar-refractivity contribution is -0.147. The number of rotatable bonds is 3. The number of piperidine rings is 1. The second kappa shape index (κ2) is 6.51. The largest absolute Gasteiger partial charge is 0.341 e. The molecule has 0 aliphatic carbocycles. The highest BCUT2D eigenvalue weighted by Gasteiger charge is 2.38. The molecule has 2 aliphatic rings. The lowest BCUT2D eigenvalue weighted by Gasteiger charge is -2.39. The molecule has 2 heterocycles. The molecule has 4 nitrogen and oxygen atoms in total. The van der Waals surface area contributed by atoms with E-state index in [0.29, 0.717) is 13.0 Å². The minimum Gasteiger partial charge on any atom is -0.341 e. The molecule has 1 fully saturated rings. The minimum atomic E-state index is -0.421. The number of amides is 2. The smallest absolute Gasteiger partial charge is 0.250 e. The van der Waals surface area contributed by atoms with Crippen molar-refractivity contribution in [3.05, 3.63) is 35.4 Å². The third-order valence-electron chi connectivity index (χ3n) is 4.69. The first-order valence-electron chi connectivity index (χ1n) is 8.38. The summed E-state index contributed by atoms with van der Waals surface area (Å²) in [5, 5.41) is 0. The summed E-state index contributed by atoms with van der Waals surface area (Å²) in [5.74, 6) is 0.185. The van der Waals surface area contributed by atoms with Crippen LogP contribution in [0.2, 0.25) is 0 Å². The summed E-state index contributed by atoms with van der Waals surface area (Å²) in [6, 6.07) is 7.49. The van der Waals surface area contributed by atoms with Crippen LogP contribution in [0.3, 0.4) is 0 Å². The van der Waals surface area contributed by atoms with Crippen molar-refractivity contribution in [2.45, 2.75) is 45.1 Å². The minimum absolute atomic E-state index is 0.0795. The van der Waals surface area contributed by atoms with Crippen LogP contribution in [0.5, 0.6) is 0 Å². The monoisotopic (exact) mass is 300 g/mol. The summed E-state index contributed by atoms with van der Waals surface area (Å²) in [6.45, 7) is 4.35. The van der Waals surface area contributed by atoms with Gasteiger partial charge in [0.2, 0.25) is 11.8 Å². The second-order valence-corrected chi connectivity index (χ2v) is 6.25. The number of nitrogens with zero attached hydrogens (tertiary/aromatic N) is 2. The van der Waals surface area contributed by atoms with E-state index in [0.717, 1.165) is 43.5 Å². The zero-order valence-electron chi connectivity index (χ0n) is 13.3. The van der Waals surface area contributed by atoms with Crippen LogP contribution in [0.4, 0.5) is 0 Å². The molecule has 2 amide bonds. The van der Waals surface area contributed by atoms with Crippen LogP contribution in [0.1, 0.15) is 49.8 Å². The van der Waals surface area contributed by atoms with Gasteiger partial charge in [-0.05, 0) is 36.8 Å². The Labute approximate surface area is 132 Å². The topological polar surface area (TPSA) is 40.6 Å². The van der Waals surface area contributed by atoms with Gasteiger partial charge in [0, 0.05) is 19.6 Å². The maximum absolute atomic E-state index is 13.1. The molecule has 1 aromatic rings. The molecule has 0 N–H and O–H groups in total. The Morgan fingerprint density at radius 3 is 2.64 bits per heavy atom. The molecule has 1 unspecified atom stereocenters. The standard InChI is InChI=1S/C18H24N2O2/c1-2-10-20-16(21)13-14-8-4-5-9-15(14)17(20)18(22)19-11-6-3-7-12-19/h4-5,8-9,17H,2-3,6-7,10-13H2,1H3. The van der Waals surface area contributed by atoms with E-state index < -0.39 is 6.04 Å². The first kappa shape index (κ1) is 15.1. The highest BCUT2D eigenvalue weighted by molar-refractivity contribution is 5.92. The molecule has 22 heavy (non-hydrogen) atoms. The number of fused-ring (bicyclic) bond motifs is 1. The highest BCUT2D eigenvalue weighted by atomic mass is 16.2. The van der Waals surface area contributed by atoms with E-state index in [2.05, 4.69) is 6.92 Å². The predicted octanol–water partition coefficient (Wildman–Crippen LogP) is 2.53. The van der Waals surface area contributed by atoms with Gasteiger partial charge in [-0.3, -0.25) is 9.59 Å². The summed E-state index contributed by atoms with van der Waals surface area (Å²) in [4.78, 5) is 29.3. The van der Waals surface area contributed by atoms with Crippen molar-refractivity contribution in [2.75, 3.05) is 19.6 Å². The van der Waals surface area contributed by atoms with Gasteiger partial charge in [-0.15, -0.1) is 0 Å². The Hall–Kier alpha value is -1.84. The van der Waals surface area contributed by atoms with Gasteiger partial charge in [0.25, 0.3) is 0 Å². The van der Waals surface area contributed by atoms with Crippen LogP contribution < -0.4 is 0 Å². The molecule has 0 spiro atoms. The van der Waals surface area contributed by atoms with E-state index >= 15 is 0 Å². The number of carbonyl (C=O) groups excluding carboxylic acids is 2. The Bertz CT molecular complexity index is 564. The normalized spacial score (nSPS) is 21.7. The van der Waals surface area contributed by atoms with Gasteiger partial charge in [-0.25, -0.2) is 0 Å². The van der Waals surface area contributed by atoms with Gasteiger partial charge in [-0.1, -0.05) is 31.2 Å². The van der Waals surface area contributed by atoms with E-state index in [1.165, 1.54) is 6.42 Å². The van der Waals surface area contributed by atoms with E-state index in [-0.39, 0.29) is 11.8 Å². The lowest BCUT2D eigenvalue weighted by atomic mass is 9.90. The molecule has 1 aromatic carbocycles. The third-order valence-corrected chi connectivity index (χ3v) is 4.69. The van der Waals surface area contributed by atoms with Crippen molar-refractivity contribution in [1.82, 2.24) is 9.80 Å². The van der Waals surface area contributed by atoms with Gasteiger partial charge < -0.3 is 9.80 Å². The molecule has 0 bridgehead atoms. The van der Waals surface area contributed by atoms with Crippen LogP contribution in [0.25, 0.3) is 0 Å². The first-order valence-corrected chi connectivity index (χ1v) is 8.38. The van der Waals surface area contributed by atoms with Gasteiger partial charge in [0.1, 0.15) is 6.04 Å². The number of benzene rings is 1. The van der Waals surface area contributed by atoms with Crippen molar-refractivity contribution < 1.29 is 9.59 Å². The first-order chi connectivity index (χ1) is 10.7. The summed E-state index contributed by atoms with van der Waals surface area (Å²) in [6.07, 6.45) is 4.63. The maximum Gasteiger partial charge on any atom is 0.250 e. The van der Waals surface area contributed by atoms with Crippen molar-refractivity contribution >= 4 is 11.8 Å². The van der Waals surface area contributed by atoms with Crippen LogP contribution >= 0.6 is 0 Å². The average molecular weight is 300 g/mol. The molecule has 0 saturated carbocycles. The summed E-state index contributed by atoms with van der Waals surface area (Å²) in [5.41, 5.74) is 2.03. The fourth-order valence-electron chi connectivity index (χ4n) is 3.59. The molecule has 0 radical (unpaired) electrons. The second-order valence-electron chi connectivity index (χ2n) is 6.25. The highest BCUT2D eigenvalue weighted by Crippen LogP contribution is 2.32. The Kier molecular flexibility index (Phi) is 4.46. The molecule has 1 saturated heterocycles. The zero-order valence-corrected chi connectivity index (χ0v) is 13.3. The fraction of sp³-hybridized carbons (Fsp3) is 0.556. The van der Waals surface area contributed by atoms with Crippen molar-refractivity contribution in [2.24, 2.45) is 0 Å². The van der Waals surface area contributed by atoms with Crippen LogP contribution in [0.15, 0.2) is 24.3 Å². The number of carbonyl (C=O) groups is 2. The van der Waals surface area contributed by atoms with Gasteiger partial charge in [-0.2, -0.15) is 0 Å². The van der Waals surface area contributed by atoms with Gasteiger partial charge in [0.15, 0.2) is 0 Å².